The Morgan fingerprint density at radius 1 is 1.19 bits per heavy atom. The smallest absolute Gasteiger partial charge is 0.422 e. The van der Waals surface area contributed by atoms with Crippen molar-refractivity contribution in [2.45, 2.75) is 45.5 Å². The molecule has 2 aromatic rings. The van der Waals surface area contributed by atoms with Crippen LogP contribution in [0.15, 0.2) is 24.3 Å². The van der Waals surface area contributed by atoms with Crippen molar-refractivity contribution in [3.05, 3.63) is 29.8 Å². The third-order valence-electron chi connectivity index (χ3n) is 4.39. The number of H-pyrrole nitrogens is 1. The third-order valence-corrected chi connectivity index (χ3v) is 8.87. The van der Waals surface area contributed by atoms with Crippen molar-refractivity contribution in [1.29, 1.82) is 0 Å². The average Bonchev–Trinajstić information content (AvgIpc) is 2.78. The number of hydrogen-bond donors (Lipinski definition) is 3. The molecule has 0 bridgehead atoms. The lowest BCUT2D eigenvalue weighted by molar-refractivity contribution is 0.276. The van der Waals surface area contributed by atoms with Crippen LogP contribution in [-0.4, -0.2) is 30.5 Å². The minimum atomic E-state index is -1.76. The number of fused-ring (bicyclic) bond motifs is 1. The van der Waals surface area contributed by atoms with E-state index in [1.165, 1.54) is 0 Å². The molecule has 0 aliphatic rings. The molecule has 0 radical (unpaired) electrons. The Labute approximate surface area is 127 Å². The Hall–Kier alpha value is -1.08. The molecule has 2 rings (SSSR count). The van der Waals surface area contributed by atoms with Crippen molar-refractivity contribution in [1.82, 2.24) is 4.98 Å². The number of nitrogens with one attached hydrogen (secondary N) is 1. The minimum Gasteiger partial charge on any atom is -0.422 e. The maximum atomic E-state index is 9.20. The van der Waals surface area contributed by atoms with Crippen LogP contribution in [0.2, 0.25) is 18.1 Å². The zero-order valence-corrected chi connectivity index (χ0v) is 14.4. The van der Waals surface area contributed by atoms with E-state index in [-0.39, 0.29) is 5.04 Å². The topological polar surface area (TPSA) is 65.5 Å². The van der Waals surface area contributed by atoms with E-state index in [1.54, 1.807) is 6.07 Å². The Morgan fingerprint density at radius 2 is 1.86 bits per heavy atom. The molecule has 0 saturated heterocycles. The molecule has 21 heavy (non-hydrogen) atoms. The van der Waals surface area contributed by atoms with Crippen LogP contribution in [0.1, 0.15) is 26.3 Å². The van der Waals surface area contributed by atoms with E-state index in [0.29, 0.717) is 12.2 Å². The molecule has 0 fully saturated rings. The average molecular weight is 305 g/mol. The minimum absolute atomic E-state index is 0.194. The van der Waals surface area contributed by atoms with E-state index in [2.05, 4.69) is 38.8 Å². The van der Waals surface area contributed by atoms with Crippen molar-refractivity contribution in [2.24, 2.45) is 0 Å². The molecule has 0 unspecified atom stereocenters. The van der Waals surface area contributed by atoms with E-state index < -0.39 is 15.4 Å². The summed E-state index contributed by atoms with van der Waals surface area (Å²) in [7, 11) is -3.22. The largest absolute Gasteiger partial charge is 0.505 e. The Kier molecular flexibility index (Phi) is 4.35. The lowest BCUT2D eigenvalue weighted by atomic mass is 9.86. The summed E-state index contributed by atoms with van der Waals surface area (Å²) in [6.07, 6.45) is 0. The van der Waals surface area contributed by atoms with Gasteiger partial charge in [0.25, 0.3) is 0 Å². The van der Waals surface area contributed by atoms with Gasteiger partial charge in [0.1, 0.15) is 0 Å². The molecule has 0 aliphatic heterocycles. The summed E-state index contributed by atoms with van der Waals surface area (Å²) in [5.74, 6) is 0. The molecule has 114 valence electrons. The first-order chi connectivity index (χ1) is 9.60. The second-order valence-electron chi connectivity index (χ2n) is 7.07. The molecule has 1 aromatic heterocycles. The van der Waals surface area contributed by atoms with Crippen molar-refractivity contribution < 1.29 is 14.5 Å². The zero-order chi connectivity index (χ0) is 15.8. The maximum absolute atomic E-state index is 9.20. The first-order valence-corrected chi connectivity index (χ1v) is 10.1. The van der Waals surface area contributed by atoms with Gasteiger partial charge in [-0.3, -0.25) is 0 Å². The predicted octanol–water partition coefficient (Wildman–Crippen LogP) is 2.37. The molecule has 0 aliphatic carbocycles. The van der Waals surface area contributed by atoms with Gasteiger partial charge in [0.15, 0.2) is 8.32 Å². The monoisotopic (exact) mass is 305 g/mol. The molecule has 1 heterocycles. The lowest BCUT2D eigenvalue weighted by Crippen LogP contribution is -2.40. The second kappa shape index (κ2) is 5.61. The Morgan fingerprint density at radius 3 is 2.43 bits per heavy atom. The molecule has 1 aromatic carbocycles. The van der Waals surface area contributed by atoms with Gasteiger partial charge in [0, 0.05) is 11.1 Å². The Balaban J connectivity index is 2.16. The summed E-state index contributed by atoms with van der Waals surface area (Å²) in [4.78, 5) is 2.99. The van der Waals surface area contributed by atoms with Gasteiger partial charge >= 0.3 is 7.12 Å². The fraction of sp³-hybridized carbons (Fsp3) is 0.467. The molecule has 6 heteroatoms. The van der Waals surface area contributed by atoms with Gasteiger partial charge in [-0.2, -0.15) is 0 Å². The van der Waals surface area contributed by atoms with Crippen LogP contribution in [0.3, 0.4) is 0 Å². The SMILES string of the molecule is CC(C)(C)[Si](C)(C)OCc1ccc2[nH]c(B(O)O)cc2c1. The van der Waals surface area contributed by atoms with Gasteiger partial charge in [-0.1, -0.05) is 26.8 Å². The van der Waals surface area contributed by atoms with Crippen molar-refractivity contribution in [3.8, 4) is 0 Å². The fourth-order valence-corrected chi connectivity index (χ4v) is 2.87. The number of benzene rings is 1. The van der Waals surface area contributed by atoms with Gasteiger partial charge < -0.3 is 19.5 Å². The summed E-state index contributed by atoms with van der Waals surface area (Å²) < 4.78 is 6.21. The highest BCUT2D eigenvalue weighted by atomic mass is 28.4. The normalized spacial score (nSPS) is 12.9. The summed E-state index contributed by atoms with van der Waals surface area (Å²) in [6.45, 7) is 11.7. The summed E-state index contributed by atoms with van der Waals surface area (Å²) in [5, 5.41) is 19.6. The highest BCUT2D eigenvalue weighted by molar-refractivity contribution is 6.74. The van der Waals surface area contributed by atoms with E-state index >= 15 is 0 Å². The van der Waals surface area contributed by atoms with E-state index in [1.807, 2.05) is 18.2 Å². The van der Waals surface area contributed by atoms with Gasteiger partial charge in [-0.25, -0.2) is 0 Å². The number of aromatic nitrogens is 1. The summed E-state index contributed by atoms with van der Waals surface area (Å²) in [6, 6.07) is 7.76. The first-order valence-electron chi connectivity index (χ1n) is 7.22. The van der Waals surface area contributed by atoms with Crippen LogP contribution in [0.25, 0.3) is 10.9 Å². The summed E-state index contributed by atoms with van der Waals surface area (Å²) >= 11 is 0. The maximum Gasteiger partial charge on any atom is 0.505 e. The second-order valence-corrected chi connectivity index (χ2v) is 11.9. The van der Waals surface area contributed by atoms with Crippen molar-refractivity contribution in [2.75, 3.05) is 0 Å². The van der Waals surface area contributed by atoms with Crippen LogP contribution < -0.4 is 5.59 Å². The van der Waals surface area contributed by atoms with E-state index in [0.717, 1.165) is 16.5 Å². The fourth-order valence-electron chi connectivity index (χ4n) is 1.91. The van der Waals surface area contributed by atoms with Gasteiger partial charge in [-0.15, -0.1) is 0 Å². The van der Waals surface area contributed by atoms with E-state index in [9.17, 15) is 10.0 Å². The number of aromatic amines is 1. The molecule has 0 saturated carbocycles. The van der Waals surface area contributed by atoms with Gasteiger partial charge in [-0.05, 0) is 47.3 Å². The zero-order valence-electron chi connectivity index (χ0n) is 13.4. The van der Waals surface area contributed by atoms with Crippen LogP contribution >= 0.6 is 0 Å². The molecule has 3 N–H and O–H groups in total. The van der Waals surface area contributed by atoms with Crippen LogP contribution in [0, 0.1) is 0 Å². The van der Waals surface area contributed by atoms with Gasteiger partial charge in [0.2, 0.25) is 0 Å². The molecular formula is C15H24BNO3Si. The van der Waals surface area contributed by atoms with Crippen LogP contribution in [0.4, 0.5) is 0 Å². The molecule has 0 spiro atoms. The van der Waals surface area contributed by atoms with Crippen LogP contribution in [0.5, 0.6) is 0 Å². The van der Waals surface area contributed by atoms with Gasteiger partial charge in [0.05, 0.1) is 6.61 Å². The third kappa shape index (κ3) is 3.58. The molecule has 0 amide bonds. The quantitative estimate of drug-likeness (QED) is 0.760. The lowest BCUT2D eigenvalue weighted by Gasteiger charge is -2.36. The summed E-state index contributed by atoms with van der Waals surface area (Å²) in [5.41, 5.74) is 2.41. The number of hydrogen-bond acceptors (Lipinski definition) is 3. The highest BCUT2D eigenvalue weighted by Crippen LogP contribution is 2.37. The molecular weight excluding hydrogens is 281 g/mol. The first kappa shape index (κ1) is 16.3. The predicted molar refractivity (Wildman–Crippen MR) is 90.1 cm³/mol. The Bertz CT molecular complexity index is 631. The van der Waals surface area contributed by atoms with Crippen molar-refractivity contribution in [3.63, 3.8) is 0 Å². The van der Waals surface area contributed by atoms with Crippen LogP contribution in [-0.2, 0) is 11.0 Å². The van der Waals surface area contributed by atoms with E-state index in [4.69, 9.17) is 4.43 Å². The van der Waals surface area contributed by atoms with Crippen molar-refractivity contribution >= 4 is 31.9 Å². The highest BCUT2D eigenvalue weighted by Gasteiger charge is 2.37. The molecule has 4 nitrogen and oxygen atoms in total. The number of rotatable bonds is 4. The standard InChI is InChI=1S/C15H24BNO3Si/c1-15(2,3)21(4,5)20-10-11-6-7-13-12(8-11)9-14(17-13)16(18)19/h6-9,17-19H,10H2,1-5H3. The molecule has 0 atom stereocenters.